The summed E-state index contributed by atoms with van der Waals surface area (Å²) in [7, 11) is 0. The lowest BCUT2D eigenvalue weighted by atomic mass is 10.0. The number of rotatable bonds is 5. The van der Waals surface area contributed by atoms with Crippen LogP contribution in [0.15, 0.2) is 69.9 Å². The van der Waals surface area contributed by atoms with Crippen LogP contribution in [-0.2, 0) is 0 Å². The smallest absolute Gasteiger partial charge is 0.338 e. The molecule has 28 heavy (non-hydrogen) atoms. The number of fused-ring (bicyclic) bond motifs is 1. The third-order valence-corrected chi connectivity index (χ3v) is 5.39. The molecule has 0 radical (unpaired) electrons. The molecule has 0 aliphatic carbocycles. The molecule has 5 heteroatoms. The number of benzene rings is 2. The Balaban J connectivity index is 1.32. The summed E-state index contributed by atoms with van der Waals surface area (Å²) >= 11 is 5.92. The van der Waals surface area contributed by atoms with Crippen molar-refractivity contribution in [1.82, 2.24) is 4.90 Å². The molecule has 0 amide bonds. The first kappa shape index (κ1) is 18.8. The van der Waals surface area contributed by atoms with Crippen LogP contribution in [0, 0.1) is 0 Å². The molecule has 1 aliphatic heterocycles. The minimum atomic E-state index is -0.314. The highest BCUT2D eigenvalue weighted by molar-refractivity contribution is 6.30. The van der Waals surface area contributed by atoms with Crippen LogP contribution in [0.25, 0.3) is 17.0 Å². The van der Waals surface area contributed by atoms with Gasteiger partial charge in [0.25, 0.3) is 0 Å². The fourth-order valence-electron chi connectivity index (χ4n) is 3.62. The van der Waals surface area contributed by atoms with E-state index < -0.39 is 0 Å². The number of para-hydroxylation sites is 1. The summed E-state index contributed by atoms with van der Waals surface area (Å²) < 4.78 is 5.28. The van der Waals surface area contributed by atoms with Gasteiger partial charge in [0.1, 0.15) is 5.58 Å². The van der Waals surface area contributed by atoms with Gasteiger partial charge in [0, 0.05) is 42.2 Å². The SMILES string of the molecule is O=c1cc(NC2CCN(CC=Cc3ccc(Cl)cc3)CC2)c2ccccc2o1. The first-order valence-electron chi connectivity index (χ1n) is 9.61. The Morgan fingerprint density at radius 3 is 2.64 bits per heavy atom. The van der Waals surface area contributed by atoms with E-state index >= 15 is 0 Å². The zero-order valence-corrected chi connectivity index (χ0v) is 16.4. The topological polar surface area (TPSA) is 45.5 Å². The number of piperidine rings is 1. The average Bonchev–Trinajstić information content (AvgIpc) is 2.71. The largest absolute Gasteiger partial charge is 0.423 e. The van der Waals surface area contributed by atoms with Gasteiger partial charge in [-0.2, -0.15) is 0 Å². The van der Waals surface area contributed by atoms with Crippen LogP contribution in [0.5, 0.6) is 0 Å². The summed E-state index contributed by atoms with van der Waals surface area (Å²) in [5, 5.41) is 5.27. The van der Waals surface area contributed by atoms with Crippen molar-refractivity contribution < 1.29 is 4.42 Å². The molecular formula is C23H23ClN2O2. The fraction of sp³-hybridized carbons (Fsp3) is 0.261. The molecular weight excluding hydrogens is 372 g/mol. The molecule has 0 unspecified atom stereocenters. The van der Waals surface area contributed by atoms with Gasteiger partial charge < -0.3 is 9.73 Å². The van der Waals surface area contributed by atoms with Crippen molar-refractivity contribution in [2.45, 2.75) is 18.9 Å². The molecule has 1 fully saturated rings. The summed E-state index contributed by atoms with van der Waals surface area (Å²) in [6.07, 6.45) is 6.43. The Hall–Kier alpha value is -2.56. The van der Waals surface area contributed by atoms with Crippen LogP contribution in [0.2, 0.25) is 5.02 Å². The van der Waals surface area contributed by atoms with E-state index in [1.165, 1.54) is 0 Å². The molecule has 0 spiro atoms. The molecule has 1 N–H and O–H groups in total. The Kier molecular flexibility index (Phi) is 5.79. The van der Waals surface area contributed by atoms with Gasteiger partial charge in [-0.3, -0.25) is 4.90 Å². The van der Waals surface area contributed by atoms with Crippen molar-refractivity contribution >= 4 is 34.3 Å². The van der Waals surface area contributed by atoms with Crippen molar-refractivity contribution in [2.24, 2.45) is 0 Å². The molecule has 1 saturated heterocycles. The van der Waals surface area contributed by atoms with E-state index in [1.807, 2.05) is 48.5 Å². The molecule has 2 aromatic carbocycles. The van der Waals surface area contributed by atoms with Crippen molar-refractivity contribution in [3.63, 3.8) is 0 Å². The molecule has 0 saturated carbocycles. The maximum atomic E-state index is 11.8. The van der Waals surface area contributed by atoms with Gasteiger partial charge in [-0.25, -0.2) is 4.79 Å². The Morgan fingerprint density at radius 2 is 1.86 bits per heavy atom. The number of anilines is 1. The second-order valence-corrected chi connectivity index (χ2v) is 7.58. The van der Waals surface area contributed by atoms with Crippen molar-refractivity contribution in [2.75, 3.05) is 25.0 Å². The summed E-state index contributed by atoms with van der Waals surface area (Å²) in [5.74, 6) is 0. The third-order valence-electron chi connectivity index (χ3n) is 5.14. The molecule has 0 atom stereocenters. The van der Waals surface area contributed by atoms with Gasteiger partial charge in [0.2, 0.25) is 0 Å². The molecule has 2 heterocycles. The lowest BCUT2D eigenvalue weighted by Gasteiger charge is -2.32. The van der Waals surface area contributed by atoms with E-state index in [-0.39, 0.29) is 5.63 Å². The molecule has 4 nitrogen and oxygen atoms in total. The van der Waals surface area contributed by atoms with Gasteiger partial charge in [-0.15, -0.1) is 0 Å². The normalized spacial score (nSPS) is 16.0. The molecule has 1 aliphatic rings. The van der Waals surface area contributed by atoms with Gasteiger partial charge in [-0.05, 0) is 42.7 Å². The van der Waals surface area contributed by atoms with Crippen molar-refractivity contribution in [3.05, 3.63) is 81.7 Å². The number of nitrogens with zero attached hydrogens (tertiary/aromatic N) is 1. The monoisotopic (exact) mass is 394 g/mol. The predicted octanol–water partition coefficient (Wildman–Crippen LogP) is 5.04. The number of halogens is 1. The van der Waals surface area contributed by atoms with E-state index in [2.05, 4.69) is 22.4 Å². The summed E-state index contributed by atoms with van der Waals surface area (Å²) in [4.78, 5) is 14.3. The van der Waals surface area contributed by atoms with Crippen LogP contribution in [0.1, 0.15) is 18.4 Å². The number of nitrogens with one attached hydrogen (secondary N) is 1. The van der Waals surface area contributed by atoms with Crippen LogP contribution in [-0.4, -0.2) is 30.6 Å². The van der Waals surface area contributed by atoms with Crippen LogP contribution >= 0.6 is 11.6 Å². The van der Waals surface area contributed by atoms with Crippen LogP contribution < -0.4 is 10.9 Å². The number of likely N-dealkylation sites (tertiary alicyclic amines) is 1. The third kappa shape index (κ3) is 4.64. The van der Waals surface area contributed by atoms with E-state index in [9.17, 15) is 4.79 Å². The molecule has 144 valence electrons. The Bertz CT molecular complexity index is 1020. The van der Waals surface area contributed by atoms with Crippen molar-refractivity contribution in [3.8, 4) is 0 Å². The van der Waals surface area contributed by atoms with Gasteiger partial charge >= 0.3 is 5.63 Å². The Morgan fingerprint density at radius 1 is 1.11 bits per heavy atom. The van der Waals surface area contributed by atoms with Crippen LogP contribution in [0.3, 0.4) is 0 Å². The number of hydrogen-bond donors (Lipinski definition) is 1. The highest BCUT2D eigenvalue weighted by Gasteiger charge is 2.19. The maximum absolute atomic E-state index is 11.8. The van der Waals surface area contributed by atoms with Gasteiger partial charge in [0.05, 0.1) is 5.69 Å². The quantitative estimate of drug-likeness (QED) is 0.616. The number of hydrogen-bond acceptors (Lipinski definition) is 4. The second kappa shape index (κ2) is 8.63. The van der Waals surface area contributed by atoms with Gasteiger partial charge in [0.15, 0.2) is 0 Å². The predicted molar refractivity (Wildman–Crippen MR) is 116 cm³/mol. The summed E-state index contributed by atoms with van der Waals surface area (Å²) in [6, 6.07) is 17.4. The van der Waals surface area contributed by atoms with Crippen LogP contribution in [0.4, 0.5) is 5.69 Å². The zero-order valence-electron chi connectivity index (χ0n) is 15.6. The van der Waals surface area contributed by atoms with E-state index in [4.69, 9.17) is 16.0 Å². The molecule has 0 bridgehead atoms. The summed E-state index contributed by atoms with van der Waals surface area (Å²) in [6.45, 7) is 3.00. The Labute approximate surface area is 169 Å². The first-order chi connectivity index (χ1) is 13.7. The highest BCUT2D eigenvalue weighted by Crippen LogP contribution is 2.24. The van der Waals surface area contributed by atoms with Crippen molar-refractivity contribution in [1.29, 1.82) is 0 Å². The fourth-order valence-corrected chi connectivity index (χ4v) is 3.75. The summed E-state index contributed by atoms with van der Waals surface area (Å²) in [5.41, 5.74) is 2.34. The molecule has 1 aromatic heterocycles. The van der Waals surface area contributed by atoms with E-state index in [0.29, 0.717) is 11.6 Å². The lowest BCUT2D eigenvalue weighted by Crippen LogP contribution is -2.39. The van der Waals surface area contributed by atoms with Gasteiger partial charge in [-0.1, -0.05) is 48.0 Å². The molecule has 3 aromatic rings. The van der Waals surface area contributed by atoms with E-state index in [0.717, 1.165) is 54.1 Å². The maximum Gasteiger partial charge on any atom is 0.338 e. The zero-order chi connectivity index (χ0) is 19.3. The van der Waals surface area contributed by atoms with E-state index in [1.54, 1.807) is 6.07 Å². The average molecular weight is 395 g/mol. The lowest BCUT2D eigenvalue weighted by molar-refractivity contribution is 0.240. The molecule has 4 rings (SSSR count). The second-order valence-electron chi connectivity index (χ2n) is 7.15. The first-order valence-corrected chi connectivity index (χ1v) is 9.99. The minimum absolute atomic E-state index is 0.314. The minimum Gasteiger partial charge on any atom is -0.423 e. The highest BCUT2D eigenvalue weighted by atomic mass is 35.5. The standard InChI is InChI=1S/C23H23ClN2O2/c24-18-9-7-17(8-10-18)4-3-13-26-14-11-19(12-15-26)25-21-16-23(27)28-22-6-2-1-5-20(21)22/h1-10,16,19,25H,11-15H2.